The van der Waals surface area contributed by atoms with Crippen molar-refractivity contribution in [1.82, 2.24) is 20.4 Å². The molecule has 0 aliphatic carbocycles. The van der Waals surface area contributed by atoms with Crippen LogP contribution in [0.4, 0.5) is 4.39 Å². The minimum Gasteiger partial charge on any atom is -0.356 e. The molecule has 28 heavy (non-hydrogen) atoms. The lowest BCUT2D eigenvalue weighted by Crippen LogP contribution is -2.39. The van der Waals surface area contributed by atoms with Crippen LogP contribution in [0.3, 0.4) is 0 Å². The number of halogens is 2. The normalized spacial score (nSPS) is 12.4. The Labute approximate surface area is 189 Å². The Balaban J connectivity index is 0.00000392. The summed E-state index contributed by atoms with van der Waals surface area (Å²) < 4.78 is 15.5. The van der Waals surface area contributed by atoms with Gasteiger partial charge >= 0.3 is 0 Å². The van der Waals surface area contributed by atoms with E-state index in [1.165, 1.54) is 11.8 Å². The van der Waals surface area contributed by atoms with Crippen LogP contribution in [0, 0.1) is 25.6 Å². The number of aryl methyl sites for hydroxylation is 2. The molecule has 2 aromatic rings. The van der Waals surface area contributed by atoms with Gasteiger partial charge in [-0.05, 0) is 55.3 Å². The summed E-state index contributed by atoms with van der Waals surface area (Å²) in [6, 6.07) is 7.05. The van der Waals surface area contributed by atoms with Gasteiger partial charge in [0, 0.05) is 38.1 Å². The predicted molar refractivity (Wildman–Crippen MR) is 128 cm³/mol. The van der Waals surface area contributed by atoms with Crippen molar-refractivity contribution in [3.8, 4) is 0 Å². The molecule has 0 aliphatic heterocycles. The van der Waals surface area contributed by atoms with Crippen LogP contribution in [0.5, 0.6) is 0 Å². The summed E-state index contributed by atoms with van der Waals surface area (Å²) in [6.07, 6.45) is 2.02. The van der Waals surface area contributed by atoms with Gasteiger partial charge in [0.1, 0.15) is 5.82 Å². The zero-order valence-electron chi connectivity index (χ0n) is 17.3. The van der Waals surface area contributed by atoms with Crippen LogP contribution in [0.15, 0.2) is 29.3 Å². The van der Waals surface area contributed by atoms with Crippen LogP contribution in [-0.2, 0) is 18.8 Å². The van der Waals surface area contributed by atoms with Gasteiger partial charge in [-0.2, -0.15) is 16.9 Å². The lowest BCUT2D eigenvalue weighted by atomic mass is 10.1. The molecule has 0 spiro atoms. The van der Waals surface area contributed by atoms with Gasteiger partial charge in [-0.1, -0.05) is 13.0 Å². The summed E-state index contributed by atoms with van der Waals surface area (Å²) in [7, 11) is 1.76. The SMILES string of the molecule is CN=C(NCc1ccc(F)cc1CSC)NCC(C)Cn1nc(C)cc1C.I. The molecule has 0 radical (unpaired) electrons. The van der Waals surface area contributed by atoms with Gasteiger partial charge in [0.25, 0.3) is 0 Å². The molecule has 0 bridgehead atoms. The lowest BCUT2D eigenvalue weighted by Gasteiger charge is -2.17. The van der Waals surface area contributed by atoms with E-state index in [2.05, 4.69) is 40.6 Å². The minimum atomic E-state index is -0.191. The van der Waals surface area contributed by atoms with Crippen LogP contribution in [-0.4, -0.2) is 35.6 Å². The van der Waals surface area contributed by atoms with Crippen molar-refractivity contribution in [2.75, 3.05) is 19.8 Å². The molecule has 156 valence electrons. The number of thioether (sulfide) groups is 1. The number of aliphatic imine (C=N–C) groups is 1. The summed E-state index contributed by atoms with van der Waals surface area (Å²) in [6.45, 7) is 8.54. The lowest BCUT2D eigenvalue weighted by molar-refractivity contribution is 0.436. The molecular formula is C20H31FIN5S. The number of rotatable bonds is 8. The molecule has 0 amide bonds. The van der Waals surface area contributed by atoms with Gasteiger partial charge < -0.3 is 10.6 Å². The number of hydrogen-bond acceptors (Lipinski definition) is 3. The van der Waals surface area contributed by atoms with E-state index < -0.39 is 0 Å². The van der Waals surface area contributed by atoms with Crippen molar-refractivity contribution in [2.45, 2.75) is 39.6 Å². The zero-order chi connectivity index (χ0) is 19.8. The predicted octanol–water partition coefficient (Wildman–Crippen LogP) is 4.12. The highest BCUT2D eigenvalue weighted by molar-refractivity contribution is 14.0. The summed E-state index contributed by atoms with van der Waals surface area (Å²) in [4.78, 5) is 4.29. The number of aromatic nitrogens is 2. The van der Waals surface area contributed by atoms with E-state index in [1.807, 2.05) is 23.9 Å². The Morgan fingerprint density at radius 2 is 2.00 bits per heavy atom. The number of benzene rings is 1. The molecule has 1 atom stereocenters. The van der Waals surface area contributed by atoms with Gasteiger partial charge in [-0.3, -0.25) is 9.67 Å². The molecule has 0 saturated carbocycles. The molecule has 8 heteroatoms. The Morgan fingerprint density at radius 1 is 1.25 bits per heavy atom. The molecule has 1 aromatic carbocycles. The first-order valence-electron chi connectivity index (χ1n) is 9.14. The van der Waals surface area contributed by atoms with E-state index in [-0.39, 0.29) is 29.8 Å². The van der Waals surface area contributed by atoms with E-state index in [4.69, 9.17) is 0 Å². The average Bonchev–Trinajstić information content (AvgIpc) is 2.94. The van der Waals surface area contributed by atoms with Crippen LogP contribution in [0.25, 0.3) is 0 Å². The zero-order valence-corrected chi connectivity index (χ0v) is 20.4. The summed E-state index contributed by atoms with van der Waals surface area (Å²) in [5.74, 6) is 1.75. The second kappa shape index (κ2) is 12.3. The van der Waals surface area contributed by atoms with Gasteiger partial charge in [0.2, 0.25) is 0 Å². The Bertz CT molecular complexity index is 778. The molecule has 0 aliphatic rings. The fourth-order valence-electron chi connectivity index (χ4n) is 2.95. The molecule has 2 N–H and O–H groups in total. The number of nitrogens with zero attached hydrogens (tertiary/aromatic N) is 3. The summed E-state index contributed by atoms with van der Waals surface area (Å²) in [5, 5.41) is 11.2. The summed E-state index contributed by atoms with van der Waals surface area (Å²) >= 11 is 1.69. The molecule has 0 saturated heterocycles. The number of guanidine groups is 1. The van der Waals surface area contributed by atoms with Crippen molar-refractivity contribution in [3.05, 3.63) is 52.6 Å². The molecule has 1 heterocycles. The van der Waals surface area contributed by atoms with Crippen molar-refractivity contribution in [3.63, 3.8) is 0 Å². The smallest absolute Gasteiger partial charge is 0.191 e. The first-order chi connectivity index (χ1) is 12.9. The van der Waals surface area contributed by atoms with Crippen LogP contribution < -0.4 is 10.6 Å². The van der Waals surface area contributed by atoms with Crippen LogP contribution >= 0.6 is 35.7 Å². The fraction of sp³-hybridized carbons (Fsp3) is 0.500. The third-order valence-electron chi connectivity index (χ3n) is 4.34. The topological polar surface area (TPSA) is 54.2 Å². The standard InChI is InChI=1S/C20H30FN5S.HI/c1-14(12-26-16(3)8-15(2)25-26)10-23-20(22-4)24-11-17-6-7-19(21)9-18(17)13-27-5;/h6-9,14H,10-13H2,1-5H3,(H2,22,23,24);1H. The van der Waals surface area contributed by atoms with Gasteiger partial charge in [-0.25, -0.2) is 4.39 Å². The highest BCUT2D eigenvalue weighted by Gasteiger charge is 2.09. The van der Waals surface area contributed by atoms with Crippen LogP contribution in [0.1, 0.15) is 29.4 Å². The first kappa shape index (κ1) is 24.7. The van der Waals surface area contributed by atoms with E-state index in [1.54, 1.807) is 24.9 Å². The molecule has 5 nitrogen and oxygen atoms in total. The second-order valence-corrected chi connectivity index (χ2v) is 7.73. The van der Waals surface area contributed by atoms with Crippen LogP contribution in [0.2, 0.25) is 0 Å². The van der Waals surface area contributed by atoms with E-state index in [9.17, 15) is 4.39 Å². The minimum absolute atomic E-state index is 0. The van der Waals surface area contributed by atoms with Gasteiger partial charge in [-0.15, -0.1) is 24.0 Å². The Hall–Kier alpha value is -1.29. The first-order valence-corrected chi connectivity index (χ1v) is 10.5. The maximum Gasteiger partial charge on any atom is 0.191 e. The molecule has 2 rings (SSSR count). The van der Waals surface area contributed by atoms with Crippen molar-refractivity contribution < 1.29 is 4.39 Å². The molecular weight excluding hydrogens is 488 g/mol. The monoisotopic (exact) mass is 519 g/mol. The second-order valence-electron chi connectivity index (χ2n) is 6.87. The third kappa shape index (κ3) is 7.62. The third-order valence-corrected chi connectivity index (χ3v) is 4.94. The van der Waals surface area contributed by atoms with Crippen molar-refractivity contribution in [2.24, 2.45) is 10.9 Å². The quantitative estimate of drug-likeness (QED) is 0.313. The number of hydrogen-bond donors (Lipinski definition) is 2. The van der Waals surface area contributed by atoms with E-state index in [0.717, 1.165) is 41.6 Å². The Morgan fingerprint density at radius 3 is 2.61 bits per heavy atom. The number of nitrogens with one attached hydrogen (secondary N) is 2. The maximum atomic E-state index is 13.5. The van der Waals surface area contributed by atoms with Gasteiger partial charge in [0.05, 0.1) is 5.69 Å². The largest absolute Gasteiger partial charge is 0.356 e. The maximum absolute atomic E-state index is 13.5. The molecule has 1 unspecified atom stereocenters. The molecule has 0 fully saturated rings. The molecule has 1 aromatic heterocycles. The van der Waals surface area contributed by atoms with Gasteiger partial charge in [0.15, 0.2) is 5.96 Å². The average molecular weight is 519 g/mol. The highest BCUT2D eigenvalue weighted by Crippen LogP contribution is 2.16. The van der Waals surface area contributed by atoms with Crippen molar-refractivity contribution >= 4 is 41.7 Å². The Kier molecular flexibility index (Phi) is 10.9. The van der Waals surface area contributed by atoms with E-state index in [0.29, 0.717) is 12.5 Å². The fourth-order valence-corrected chi connectivity index (χ4v) is 3.53. The van der Waals surface area contributed by atoms with E-state index >= 15 is 0 Å². The highest BCUT2D eigenvalue weighted by atomic mass is 127. The summed E-state index contributed by atoms with van der Waals surface area (Å²) in [5.41, 5.74) is 4.33. The van der Waals surface area contributed by atoms with Crippen molar-refractivity contribution in [1.29, 1.82) is 0 Å².